The van der Waals surface area contributed by atoms with Crippen molar-refractivity contribution in [2.75, 3.05) is 27.2 Å². The van der Waals surface area contributed by atoms with Gasteiger partial charge >= 0.3 is 0 Å². The van der Waals surface area contributed by atoms with E-state index in [0.717, 1.165) is 24.3 Å². The summed E-state index contributed by atoms with van der Waals surface area (Å²) in [5.74, 6) is 0.806. The van der Waals surface area contributed by atoms with Crippen LogP contribution in [0, 0.1) is 0 Å². The zero-order chi connectivity index (χ0) is 12.7. The summed E-state index contributed by atoms with van der Waals surface area (Å²) >= 11 is 0. The summed E-state index contributed by atoms with van der Waals surface area (Å²) < 4.78 is 5.72. The molecule has 0 saturated heterocycles. The molecular formula is C14H23NO2. The third-order valence-corrected chi connectivity index (χ3v) is 2.67. The van der Waals surface area contributed by atoms with Crippen LogP contribution in [0.5, 0.6) is 5.75 Å². The molecule has 0 aliphatic heterocycles. The van der Waals surface area contributed by atoms with Gasteiger partial charge in [-0.05, 0) is 33.0 Å². The van der Waals surface area contributed by atoms with Gasteiger partial charge in [0.15, 0.2) is 0 Å². The molecule has 1 aromatic rings. The number of hydrogen-bond donors (Lipinski definition) is 1. The molecule has 0 aliphatic rings. The molecule has 0 aromatic heterocycles. The average molecular weight is 237 g/mol. The summed E-state index contributed by atoms with van der Waals surface area (Å²) in [7, 11) is 4.10. The van der Waals surface area contributed by atoms with Crippen molar-refractivity contribution < 1.29 is 9.84 Å². The molecule has 0 spiro atoms. The third-order valence-electron chi connectivity index (χ3n) is 2.67. The number of aliphatic hydroxyl groups excluding tert-OH is 1. The normalized spacial score (nSPS) is 12.8. The smallest absolute Gasteiger partial charge is 0.125 e. The van der Waals surface area contributed by atoms with Crippen molar-refractivity contribution in [3.63, 3.8) is 0 Å². The van der Waals surface area contributed by atoms with Crippen LogP contribution < -0.4 is 4.74 Å². The molecule has 0 fully saturated rings. The van der Waals surface area contributed by atoms with Crippen LogP contribution in [-0.2, 0) is 0 Å². The summed E-state index contributed by atoms with van der Waals surface area (Å²) in [5, 5.41) is 9.87. The minimum atomic E-state index is -0.431. The van der Waals surface area contributed by atoms with Gasteiger partial charge in [-0.1, -0.05) is 25.1 Å². The Kier molecular flexibility index (Phi) is 6.01. The molecule has 0 radical (unpaired) electrons. The Balaban J connectivity index is 2.52. The Morgan fingerprint density at radius 3 is 2.65 bits per heavy atom. The fourth-order valence-corrected chi connectivity index (χ4v) is 1.67. The van der Waals surface area contributed by atoms with Crippen molar-refractivity contribution in [3.8, 4) is 5.75 Å². The van der Waals surface area contributed by atoms with E-state index >= 15 is 0 Å². The van der Waals surface area contributed by atoms with Crippen molar-refractivity contribution >= 4 is 0 Å². The molecule has 96 valence electrons. The van der Waals surface area contributed by atoms with Crippen LogP contribution in [0.4, 0.5) is 0 Å². The topological polar surface area (TPSA) is 32.7 Å². The van der Waals surface area contributed by atoms with Crippen molar-refractivity contribution in [2.24, 2.45) is 0 Å². The molecule has 1 atom stereocenters. The SMILES string of the molecule is CCC(O)c1ccccc1OCCCN(C)C. The molecule has 3 heteroatoms. The van der Waals surface area contributed by atoms with Gasteiger partial charge in [-0.25, -0.2) is 0 Å². The second-order valence-electron chi connectivity index (χ2n) is 4.47. The van der Waals surface area contributed by atoms with Crippen LogP contribution >= 0.6 is 0 Å². The minimum absolute atomic E-state index is 0.431. The van der Waals surface area contributed by atoms with E-state index < -0.39 is 6.10 Å². The van der Waals surface area contributed by atoms with Crippen LogP contribution in [0.1, 0.15) is 31.4 Å². The summed E-state index contributed by atoms with van der Waals surface area (Å²) in [4.78, 5) is 2.14. The number of nitrogens with zero attached hydrogens (tertiary/aromatic N) is 1. The molecule has 1 N–H and O–H groups in total. The van der Waals surface area contributed by atoms with Gasteiger partial charge in [-0.15, -0.1) is 0 Å². The number of hydrogen-bond acceptors (Lipinski definition) is 3. The van der Waals surface area contributed by atoms with Crippen LogP contribution in [0.15, 0.2) is 24.3 Å². The number of benzene rings is 1. The van der Waals surface area contributed by atoms with E-state index in [2.05, 4.69) is 19.0 Å². The van der Waals surface area contributed by atoms with E-state index in [1.807, 2.05) is 31.2 Å². The Hall–Kier alpha value is -1.06. The van der Waals surface area contributed by atoms with Crippen LogP contribution in [0.3, 0.4) is 0 Å². The van der Waals surface area contributed by atoms with Crippen molar-refractivity contribution in [2.45, 2.75) is 25.9 Å². The van der Waals surface area contributed by atoms with E-state index in [0.29, 0.717) is 13.0 Å². The molecule has 1 rings (SSSR count). The van der Waals surface area contributed by atoms with Gasteiger partial charge in [0, 0.05) is 12.1 Å². The zero-order valence-corrected chi connectivity index (χ0v) is 11.0. The van der Waals surface area contributed by atoms with Gasteiger partial charge < -0.3 is 14.7 Å². The van der Waals surface area contributed by atoms with E-state index in [-0.39, 0.29) is 0 Å². The lowest BCUT2D eigenvalue weighted by Crippen LogP contribution is -2.15. The first-order valence-electron chi connectivity index (χ1n) is 6.19. The molecule has 0 saturated carbocycles. The molecule has 17 heavy (non-hydrogen) atoms. The lowest BCUT2D eigenvalue weighted by Gasteiger charge is -2.15. The fraction of sp³-hybridized carbons (Fsp3) is 0.571. The van der Waals surface area contributed by atoms with Gasteiger partial charge in [0.1, 0.15) is 5.75 Å². The molecular weight excluding hydrogens is 214 g/mol. The maximum absolute atomic E-state index is 9.87. The second kappa shape index (κ2) is 7.30. The maximum atomic E-state index is 9.87. The van der Waals surface area contributed by atoms with Gasteiger partial charge in [-0.2, -0.15) is 0 Å². The van der Waals surface area contributed by atoms with Crippen LogP contribution in [-0.4, -0.2) is 37.3 Å². The maximum Gasteiger partial charge on any atom is 0.125 e. The first-order chi connectivity index (χ1) is 8.15. The predicted molar refractivity (Wildman–Crippen MR) is 70.4 cm³/mol. The lowest BCUT2D eigenvalue weighted by molar-refractivity contribution is 0.166. The first-order valence-corrected chi connectivity index (χ1v) is 6.19. The Labute approximate surface area is 104 Å². The number of ether oxygens (including phenoxy) is 1. The van der Waals surface area contributed by atoms with Crippen LogP contribution in [0.25, 0.3) is 0 Å². The van der Waals surface area contributed by atoms with Crippen molar-refractivity contribution in [1.29, 1.82) is 0 Å². The van der Waals surface area contributed by atoms with Gasteiger partial charge in [0.2, 0.25) is 0 Å². The second-order valence-corrected chi connectivity index (χ2v) is 4.47. The largest absolute Gasteiger partial charge is 0.493 e. The molecule has 3 nitrogen and oxygen atoms in total. The van der Waals surface area contributed by atoms with Gasteiger partial charge in [-0.3, -0.25) is 0 Å². The van der Waals surface area contributed by atoms with E-state index in [9.17, 15) is 5.11 Å². The highest BCUT2D eigenvalue weighted by Crippen LogP contribution is 2.26. The predicted octanol–water partition coefficient (Wildman–Crippen LogP) is 2.46. The Bertz CT molecular complexity index is 326. The van der Waals surface area contributed by atoms with Gasteiger partial charge in [0.25, 0.3) is 0 Å². The van der Waals surface area contributed by atoms with E-state index in [1.54, 1.807) is 0 Å². The monoisotopic (exact) mass is 237 g/mol. The van der Waals surface area contributed by atoms with Crippen molar-refractivity contribution in [3.05, 3.63) is 29.8 Å². The highest BCUT2D eigenvalue weighted by Gasteiger charge is 2.10. The summed E-state index contributed by atoms with van der Waals surface area (Å²) in [6, 6.07) is 7.72. The van der Waals surface area contributed by atoms with Crippen LogP contribution in [0.2, 0.25) is 0 Å². The number of aliphatic hydroxyl groups is 1. The van der Waals surface area contributed by atoms with E-state index in [1.165, 1.54) is 0 Å². The quantitative estimate of drug-likeness (QED) is 0.739. The summed E-state index contributed by atoms with van der Waals surface area (Å²) in [6.07, 6.45) is 1.27. The molecule has 0 bridgehead atoms. The summed E-state index contributed by atoms with van der Waals surface area (Å²) in [5.41, 5.74) is 0.889. The molecule has 0 aliphatic carbocycles. The highest BCUT2D eigenvalue weighted by molar-refractivity contribution is 5.34. The molecule has 0 amide bonds. The first kappa shape index (κ1) is 14.0. The Morgan fingerprint density at radius 1 is 1.29 bits per heavy atom. The van der Waals surface area contributed by atoms with Crippen molar-refractivity contribution in [1.82, 2.24) is 4.90 Å². The zero-order valence-electron chi connectivity index (χ0n) is 11.0. The standard InChI is InChI=1S/C14H23NO2/c1-4-13(16)12-8-5-6-9-14(12)17-11-7-10-15(2)3/h5-6,8-9,13,16H,4,7,10-11H2,1-3H3. The van der Waals surface area contributed by atoms with E-state index in [4.69, 9.17) is 4.74 Å². The highest BCUT2D eigenvalue weighted by atomic mass is 16.5. The fourth-order valence-electron chi connectivity index (χ4n) is 1.67. The Morgan fingerprint density at radius 2 is 2.00 bits per heavy atom. The number of rotatable bonds is 7. The lowest BCUT2D eigenvalue weighted by atomic mass is 10.1. The molecule has 1 unspecified atom stereocenters. The third kappa shape index (κ3) is 4.75. The molecule has 0 heterocycles. The molecule has 1 aromatic carbocycles. The summed E-state index contributed by atoms with van der Waals surface area (Å²) in [6.45, 7) is 3.66. The number of para-hydroxylation sites is 1. The van der Waals surface area contributed by atoms with Gasteiger partial charge in [0.05, 0.1) is 12.7 Å². The minimum Gasteiger partial charge on any atom is -0.493 e. The average Bonchev–Trinajstić information content (AvgIpc) is 2.34.